The average Bonchev–Trinajstić information content (AvgIpc) is 2.74. The van der Waals surface area contributed by atoms with Crippen LogP contribution in [-0.4, -0.2) is 12.1 Å². The summed E-state index contributed by atoms with van der Waals surface area (Å²) in [5.74, 6) is 1.12. The number of ether oxygens (including phenoxy) is 1. The third-order valence-corrected chi connectivity index (χ3v) is 5.45. The number of fused-ring (bicyclic) bond motifs is 1. The van der Waals surface area contributed by atoms with Crippen LogP contribution in [0, 0.1) is 0 Å². The van der Waals surface area contributed by atoms with Crippen LogP contribution in [0.15, 0.2) is 42.0 Å². The molecule has 2 nitrogen and oxygen atoms in total. The fourth-order valence-corrected chi connectivity index (χ4v) is 4.89. The van der Waals surface area contributed by atoms with E-state index in [1.54, 1.807) is 5.57 Å². The van der Waals surface area contributed by atoms with Crippen molar-refractivity contribution in [3.63, 3.8) is 0 Å². The van der Waals surface area contributed by atoms with Gasteiger partial charge in [-0.05, 0) is 29.7 Å². The quantitative estimate of drug-likeness (QED) is 0.677. The molecule has 0 radical (unpaired) electrons. The lowest BCUT2D eigenvalue weighted by atomic mass is 9.70. The van der Waals surface area contributed by atoms with Crippen molar-refractivity contribution in [3.8, 4) is 5.75 Å². The lowest BCUT2D eigenvalue weighted by Gasteiger charge is -2.32. The Kier molecular flexibility index (Phi) is 0.848. The second-order valence-electron chi connectivity index (χ2n) is 5.92. The van der Waals surface area contributed by atoms with Crippen LogP contribution in [0.5, 0.6) is 5.75 Å². The Hall–Kier alpha value is -1.54. The highest BCUT2D eigenvalue weighted by Gasteiger charge is 2.79. The predicted molar refractivity (Wildman–Crippen MR) is 63.0 cm³/mol. The minimum absolute atomic E-state index is 0.191. The molecule has 82 valence electrons. The van der Waals surface area contributed by atoms with Crippen LogP contribution >= 0.6 is 0 Å². The van der Waals surface area contributed by atoms with Gasteiger partial charge in [0.15, 0.2) is 0 Å². The number of rotatable bonds is 0. The largest absolute Gasteiger partial charge is 0.485 e. The zero-order valence-electron chi connectivity index (χ0n) is 9.23. The first-order valence-corrected chi connectivity index (χ1v) is 6.33. The van der Waals surface area contributed by atoms with E-state index in [0.717, 1.165) is 5.75 Å². The number of hydrogen-bond acceptors (Lipinski definition) is 2. The molecule has 1 saturated heterocycles. The van der Waals surface area contributed by atoms with Crippen LogP contribution in [0.25, 0.3) is 0 Å². The molecule has 2 bridgehead atoms. The van der Waals surface area contributed by atoms with Crippen LogP contribution in [0.2, 0.25) is 0 Å². The molecule has 2 fully saturated rings. The monoisotopic (exact) mass is 221 g/mol. The average molecular weight is 221 g/mol. The molecule has 5 aliphatic rings. The van der Waals surface area contributed by atoms with Crippen molar-refractivity contribution in [2.24, 2.45) is 0 Å². The molecule has 0 aromatic heterocycles. The van der Waals surface area contributed by atoms with E-state index in [4.69, 9.17) is 4.74 Å². The van der Waals surface area contributed by atoms with Gasteiger partial charge in [0.2, 0.25) is 0 Å². The molecule has 4 atom stereocenters. The van der Waals surface area contributed by atoms with Crippen LogP contribution in [0.4, 0.5) is 0 Å². The SMILES string of the molecule is C1=CC2Oc3cccc4c3[C@@]23CC42N[C@H]2C3=C1. The van der Waals surface area contributed by atoms with Gasteiger partial charge in [0.05, 0.1) is 17.0 Å². The highest BCUT2D eigenvalue weighted by Crippen LogP contribution is 2.74. The summed E-state index contributed by atoms with van der Waals surface area (Å²) >= 11 is 0. The first-order valence-electron chi connectivity index (χ1n) is 6.33. The molecule has 1 N–H and O–H groups in total. The minimum atomic E-state index is 0.191. The lowest BCUT2D eigenvalue weighted by Crippen LogP contribution is -2.39. The summed E-state index contributed by atoms with van der Waals surface area (Å²) in [6.45, 7) is 0. The Morgan fingerprint density at radius 2 is 2.35 bits per heavy atom. The second-order valence-corrected chi connectivity index (χ2v) is 5.92. The van der Waals surface area contributed by atoms with E-state index in [1.807, 2.05) is 0 Å². The van der Waals surface area contributed by atoms with E-state index in [0.29, 0.717) is 6.04 Å². The van der Waals surface area contributed by atoms with Crippen molar-refractivity contribution < 1.29 is 4.74 Å². The normalized spacial score (nSPS) is 48.6. The molecule has 0 amide bonds. The van der Waals surface area contributed by atoms with Crippen LogP contribution < -0.4 is 10.1 Å². The number of benzene rings is 1. The number of piperidine rings is 1. The van der Waals surface area contributed by atoms with E-state index in [9.17, 15) is 0 Å². The second kappa shape index (κ2) is 1.87. The molecule has 2 heterocycles. The summed E-state index contributed by atoms with van der Waals surface area (Å²) in [6, 6.07) is 7.15. The maximum Gasteiger partial charge on any atom is 0.131 e. The van der Waals surface area contributed by atoms with Crippen LogP contribution in [0.1, 0.15) is 17.5 Å². The third-order valence-electron chi connectivity index (χ3n) is 5.45. The maximum absolute atomic E-state index is 6.15. The molecular formula is C15H11NO. The topological polar surface area (TPSA) is 31.2 Å². The van der Waals surface area contributed by atoms with Crippen LogP contribution in [0.3, 0.4) is 0 Å². The van der Waals surface area contributed by atoms with E-state index >= 15 is 0 Å². The molecule has 1 aromatic rings. The Labute approximate surface area is 99.0 Å². The molecule has 17 heavy (non-hydrogen) atoms. The lowest BCUT2D eigenvalue weighted by molar-refractivity contribution is 0.207. The van der Waals surface area contributed by atoms with Gasteiger partial charge in [-0.2, -0.15) is 0 Å². The highest BCUT2D eigenvalue weighted by atomic mass is 16.5. The maximum atomic E-state index is 6.15. The van der Waals surface area contributed by atoms with Gasteiger partial charge >= 0.3 is 0 Å². The Morgan fingerprint density at radius 3 is 3.35 bits per heavy atom. The summed E-state index contributed by atoms with van der Waals surface area (Å²) in [5, 5.41) is 3.71. The summed E-state index contributed by atoms with van der Waals surface area (Å²) in [7, 11) is 0. The molecule has 1 aromatic carbocycles. The number of nitrogens with one attached hydrogen (secondary N) is 1. The zero-order valence-corrected chi connectivity index (χ0v) is 9.23. The molecule has 1 saturated carbocycles. The molecule has 6 rings (SSSR count). The van der Waals surface area contributed by atoms with Gasteiger partial charge < -0.3 is 4.74 Å². The highest BCUT2D eigenvalue weighted by molar-refractivity contribution is 5.74. The Morgan fingerprint density at radius 1 is 1.35 bits per heavy atom. The number of allylic oxidation sites excluding steroid dienone is 2. The molecule has 2 spiro atoms. The van der Waals surface area contributed by atoms with Gasteiger partial charge in [-0.15, -0.1) is 0 Å². The smallest absolute Gasteiger partial charge is 0.131 e. The van der Waals surface area contributed by atoms with Gasteiger partial charge in [-0.3, -0.25) is 5.32 Å². The summed E-state index contributed by atoms with van der Waals surface area (Å²) in [6.07, 6.45) is 8.17. The van der Waals surface area contributed by atoms with Crippen molar-refractivity contribution >= 4 is 0 Å². The van der Waals surface area contributed by atoms with Crippen molar-refractivity contribution in [1.29, 1.82) is 0 Å². The summed E-state index contributed by atoms with van der Waals surface area (Å²) in [5.41, 5.74) is 5.03. The minimum Gasteiger partial charge on any atom is -0.485 e. The summed E-state index contributed by atoms with van der Waals surface area (Å²) in [4.78, 5) is 0. The zero-order chi connectivity index (χ0) is 10.8. The standard InChI is InChI=1S/C15H11NO/c1-3-8-12-10(5-1)17-11-6-2-4-9-13-15(8,16-13)7-14(9,11)12/h1-6,11,13,16H,7H2/t11?,13-,14+,15?/m0/s1. The van der Waals surface area contributed by atoms with E-state index in [1.165, 1.54) is 17.5 Å². The van der Waals surface area contributed by atoms with Gasteiger partial charge in [-0.25, -0.2) is 0 Å². The van der Waals surface area contributed by atoms with Gasteiger partial charge in [-0.1, -0.05) is 24.3 Å². The van der Waals surface area contributed by atoms with Gasteiger partial charge in [0.25, 0.3) is 0 Å². The number of hydrogen-bond donors (Lipinski definition) is 1. The first kappa shape index (κ1) is 7.72. The van der Waals surface area contributed by atoms with Crippen molar-refractivity contribution in [1.82, 2.24) is 5.32 Å². The van der Waals surface area contributed by atoms with Gasteiger partial charge in [0, 0.05) is 5.56 Å². The fourth-order valence-electron chi connectivity index (χ4n) is 4.89. The van der Waals surface area contributed by atoms with Crippen molar-refractivity contribution in [2.75, 3.05) is 0 Å². The predicted octanol–water partition coefficient (Wildman–Crippen LogP) is 1.77. The third kappa shape index (κ3) is 0.524. The van der Waals surface area contributed by atoms with E-state index in [2.05, 4.69) is 41.7 Å². The van der Waals surface area contributed by atoms with Crippen LogP contribution in [-0.2, 0) is 11.0 Å². The van der Waals surface area contributed by atoms with E-state index in [-0.39, 0.29) is 17.1 Å². The van der Waals surface area contributed by atoms with Gasteiger partial charge in [0.1, 0.15) is 11.9 Å². The summed E-state index contributed by atoms with van der Waals surface area (Å²) < 4.78 is 6.15. The Balaban J connectivity index is 1.86. The molecular weight excluding hydrogens is 210 g/mol. The van der Waals surface area contributed by atoms with Crippen molar-refractivity contribution in [2.45, 2.75) is 29.5 Å². The fraction of sp³-hybridized carbons (Fsp3) is 0.333. The molecule has 2 aliphatic heterocycles. The molecule has 2 unspecified atom stereocenters. The van der Waals surface area contributed by atoms with E-state index < -0.39 is 0 Å². The molecule has 2 heteroatoms. The Bertz CT molecular complexity index is 673. The molecule has 3 aliphatic carbocycles. The van der Waals surface area contributed by atoms with Crippen molar-refractivity contribution in [3.05, 3.63) is 53.1 Å². The first-order chi connectivity index (χ1) is 8.36.